The molecule has 0 unspecified atom stereocenters. The van der Waals surface area contributed by atoms with Crippen LogP contribution in [0.1, 0.15) is 18.4 Å². The minimum atomic E-state index is 1.03. The Kier molecular flexibility index (Phi) is 2.94. The highest BCUT2D eigenvalue weighted by Crippen LogP contribution is 2.15. The highest BCUT2D eigenvalue weighted by Gasteiger charge is 2.12. The monoisotopic (exact) mass is 188 g/mol. The molecule has 0 atom stereocenters. The van der Waals surface area contributed by atoms with Gasteiger partial charge in [-0.1, -0.05) is 18.2 Å². The van der Waals surface area contributed by atoms with E-state index >= 15 is 0 Å². The van der Waals surface area contributed by atoms with Crippen LogP contribution >= 0.6 is 0 Å². The first-order chi connectivity index (χ1) is 6.84. The molecule has 0 saturated carbocycles. The molecule has 0 aromatic carbocycles. The third-order valence-corrected chi connectivity index (χ3v) is 2.69. The van der Waals surface area contributed by atoms with Gasteiger partial charge in [0.2, 0.25) is 0 Å². The van der Waals surface area contributed by atoms with Crippen molar-refractivity contribution >= 4 is 0 Å². The molecular formula is C12H16N2. The van der Waals surface area contributed by atoms with Crippen molar-refractivity contribution in [1.82, 2.24) is 9.88 Å². The molecule has 1 aromatic heterocycles. The summed E-state index contributed by atoms with van der Waals surface area (Å²) < 4.78 is 0. The van der Waals surface area contributed by atoms with Gasteiger partial charge in [0.15, 0.2) is 0 Å². The molecule has 2 nitrogen and oxygen atoms in total. The molecule has 0 amide bonds. The van der Waals surface area contributed by atoms with E-state index in [-0.39, 0.29) is 0 Å². The lowest BCUT2D eigenvalue weighted by molar-refractivity contribution is 0.248. The summed E-state index contributed by atoms with van der Waals surface area (Å²) >= 11 is 0. The lowest BCUT2D eigenvalue weighted by atomic mass is 10.1. The zero-order valence-corrected chi connectivity index (χ0v) is 8.45. The van der Waals surface area contributed by atoms with Crippen LogP contribution in [0.2, 0.25) is 0 Å². The van der Waals surface area contributed by atoms with E-state index in [1.165, 1.54) is 11.1 Å². The molecule has 2 heteroatoms. The van der Waals surface area contributed by atoms with Gasteiger partial charge in [-0.05, 0) is 24.5 Å². The zero-order valence-electron chi connectivity index (χ0n) is 8.45. The van der Waals surface area contributed by atoms with Gasteiger partial charge in [-0.25, -0.2) is 0 Å². The number of rotatable bonds is 2. The normalized spacial score (nSPS) is 18.4. The standard InChI is InChI=1S/C12H16N2/c1-11-4-7-14(8-5-11)10-12-3-2-6-13-9-12/h2-3,6,9H,1,4-5,7-8,10H2. The predicted molar refractivity (Wildman–Crippen MR) is 57.9 cm³/mol. The molecule has 0 radical (unpaired) electrons. The van der Waals surface area contributed by atoms with Crippen LogP contribution in [0.3, 0.4) is 0 Å². The van der Waals surface area contributed by atoms with Crippen molar-refractivity contribution in [2.45, 2.75) is 19.4 Å². The lowest BCUT2D eigenvalue weighted by Crippen LogP contribution is -2.29. The van der Waals surface area contributed by atoms with Gasteiger partial charge in [0, 0.05) is 32.0 Å². The van der Waals surface area contributed by atoms with E-state index in [9.17, 15) is 0 Å². The van der Waals surface area contributed by atoms with Gasteiger partial charge in [-0.15, -0.1) is 0 Å². The second kappa shape index (κ2) is 4.38. The Balaban J connectivity index is 1.89. The Morgan fingerprint density at radius 2 is 2.14 bits per heavy atom. The molecule has 0 spiro atoms. The summed E-state index contributed by atoms with van der Waals surface area (Å²) in [5.41, 5.74) is 2.70. The van der Waals surface area contributed by atoms with Gasteiger partial charge in [-0.3, -0.25) is 9.88 Å². The maximum absolute atomic E-state index is 4.12. The number of likely N-dealkylation sites (tertiary alicyclic amines) is 1. The fourth-order valence-electron chi connectivity index (χ4n) is 1.78. The first-order valence-electron chi connectivity index (χ1n) is 5.12. The van der Waals surface area contributed by atoms with Crippen molar-refractivity contribution in [3.8, 4) is 0 Å². The second-order valence-electron chi connectivity index (χ2n) is 3.89. The number of piperidine rings is 1. The number of aromatic nitrogens is 1. The Morgan fingerprint density at radius 3 is 2.79 bits per heavy atom. The third kappa shape index (κ3) is 2.42. The number of nitrogens with zero attached hydrogens (tertiary/aromatic N) is 2. The van der Waals surface area contributed by atoms with Gasteiger partial charge in [0.25, 0.3) is 0 Å². The van der Waals surface area contributed by atoms with Gasteiger partial charge in [0.1, 0.15) is 0 Å². The fraction of sp³-hybridized carbons (Fsp3) is 0.417. The number of hydrogen-bond donors (Lipinski definition) is 0. The van der Waals surface area contributed by atoms with Crippen LogP contribution in [-0.2, 0) is 6.54 Å². The smallest absolute Gasteiger partial charge is 0.0312 e. The summed E-state index contributed by atoms with van der Waals surface area (Å²) in [6.07, 6.45) is 6.07. The van der Waals surface area contributed by atoms with Crippen LogP contribution in [0.4, 0.5) is 0 Å². The summed E-state index contributed by atoms with van der Waals surface area (Å²) in [6, 6.07) is 4.13. The molecular weight excluding hydrogens is 172 g/mol. The van der Waals surface area contributed by atoms with Crippen molar-refractivity contribution in [2.24, 2.45) is 0 Å². The van der Waals surface area contributed by atoms with E-state index in [4.69, 9.17) is 0 Å². The number of hydrogen-bond acceptors (Lipinski definition) is 2. The SMILES string of the molecule is C=C1CCN(Cc2cccnc2)CC1. The summed E-state index contributed by atoms with van der Waals surface area (Å²) in [5.74, 6) is 0. The first-order valence-corrected chi connectivity index (χ1v) is 5.12. The highest BCUT2D eigenvalue weighted by molar-refractivity contribution is 5.09. The molecule has 1 aromatic rings. The Bertz CT molecular complexity index is 295. The van der Waals surface area contributed by atoms with E-state index in [0.717, 1.165) is 32.5 Å². The fourth-order valence-corrected chi connectivity index (χ4v) is 1.78. The van der Waals surface area contributed by atoms with Gasteiger partial charge in [-0.2, -0.15) is 0 Å². The molecule has 1 aliphatic heterocycles. The van der Waals surface area contributed by atoms with Gasteiger partial charge >= 0.3 is 0 Å². The molecule has 1 saturated heterocycles. The molecule has 0 aliphatic carbocycles. The summed E-state index contributed by atoms with van der Waals surface area (Å²) in [6.45, 7) is 7.34. The molecule has 0 N–H and O–H groups in total. The van der Waals surface area contributed by atoms with Crippen LogP contribution < -0.4 is 0 Å². The largest absolute Gasteiger partial charge is 0.298 e. The van der Waals surface area contributed by atoms with E-state index in [1.54, 1.807) is 0 Å². The van der Waals surface area contributed by atoms with E-state index in [1.807, 2.05) is 18.5 Å². The second-order valence-corrected chi connectivity index (χ2v) is 3.89. The van der Waals surface area contributed by atoms with Crippen LogP contribution in [0, 0.1) is 0 Å². The summed E-state index contributed by atoms with van der Waals surface area (Å²) in [5, 5.41) is 0. The predicted octanol–water partition coefficient (Wildman–Crippen LogP) is 2.23. The Morgan fingerprint density at radius 1 is 1.36 bits per heavy atom. The highest BCUT2D eigenvalue weighted by atomic mass is 15.1. The summed E-state index contributed by atoms with van der Waals surface area (Å²) in [4.78, 5) is 6.58. The van der Waals surface area contributed by atoms with Crippen LogP contribution in [0.5, 0.6) is 0 Å². The third-order valence-electron chi connectivity index (χ3n) is 2.69. The average molecular weight is 188 g/mol. The Hall–Kier alpha value is -1.15. The average Bonchev–Trinajstić information content (AvgIpc) is 2.23. The van der Waals surface area contributed by atoms with Crippen LogP contribution in [0.15, 0.2) is 36.7 Å². The molecule has 74 valence electrons. The first kappa shape index (κ1) is 9.41. The molecule has 2 heterocycles. The van der Waals surface area contributed by atoms with Crippen molar-refractivity contribution < 1.29 is 0 Å². The van der Waals surface area contributed by atoms with Crippen molar-refractivity contribution in [3.05, 3.63) is 42.2 Å². The van der Waals surface area contributed by atoms with Crippen LogP contribution in [-0.4, -0.2) is 23.0 Å². The van der Waals surface area contributed by atoms with Gasteiger partial charge in [0.05, 0.1) is 0 Å². The maximum atomic E-state index is 4.12. The molecule has 0 bridgehead atoms. The molecule has 2 rings (SSSR count). The quantitative estimate of drug-likeness (QED) is 0.662. The van der Waals surface area contributed by atoms with Crippen molar-refractivity contribution in [1.29, 1.82) is 0 Å². The molecule has 14 heavy (non-hydrogen) atoms. The van der Waals surface area contributed by atoms with E-state index < -0.39 is 0 Å². The maximum Gasteiger partial charge on any atom is 0.0312 e. The minimum Gasteiger partial charge on any atom is -0.298 e. The zero-order chi connectivity index (χ0) is 9.80. The van der Waals surface area contributed by atoms with E-state index in [2.05, 4.69) is 22.5 Å². The summed E-state index contributed by atoms with van der Waals surface area (Å²) in [7, 11) is 0. The lowest BCUT2D eigenvalue weighted by Gasteiger charge is -2.27. The van der Waals surface area contributed by atoms with Crippen LogP contribution in [0.25, 0.3) is 0 Å². The van der Waals surface area contributed by atoms with Crippen molar-refractivity contribution in [2.75, 3.05) is 13.1 Å². The van der Waals surface area contributed by atoms with Crippen molar-refractivity contribution in [3.63, 3.8) is 0 Å². The topological polar surface area (TPSA) is 16.1 Å². The van der Waals surface area contributed by atoms with Gasteiger partial charge < -0.3 is 0 Å². The number of pyridine rings is 1. The van der Waals surface area contributed by atoms with E-state index in [0.29, 0.717) is 0 Å². The molecule has 1 aliphatic rings. The minimum absolute atomic E-state index is 1.03. The Labute approximate surface area is 85.3 Å². The molecule has 1 fully saturated rings.